The number of carbonyl (C=O) groups is 2. The van der Waals surface area contributed by atoms with Crippen molar-refractivity contribution in [2.75, 3.05) is 24.5 Å². The van der Waals surface area contributed by atoms with Gasteiger partial charge in [0.25, 0.3) is 10.0 Å². The molecule has 0 aliphatic carbocycles. The molecule has 11 heteroatoms. The summed E-state index contributed by atoms with van der Waals surface area (Å²) in [5.41, 5.74) is 2.45. The summed E-state index contributed by atoms with van der Waals surface area (Å²) in [4.78, 5) is 29.9. The Hall–Kier alpha value is -4.05. The Morgan fingerprint density at radius 3 is 2.26 bits per heavy atom. The Kier molecular flexibility index (Phi) is 12.7. The summed E-state index contributed by atoms with van der Waals surface area (Å²) in [7, 11) is -2.78. The molecule has 4 rings (SSSR count). The molecule has 2 amide bonds. The maximum Gasteiger partial charge on any atom is 0.264 e. The standard InChI is InChI=1S/C36H39Cl2N3O5S/c1-4-5-21-39-36(43)33(23-27-11-7-6-8-12-27)40(24-28-13-9-14-29(22-28)46-3)34(42)25-41(32-16-10-15-31(37)35(32)38)47(44,45)30-19-17-26(2)18-20-30/h6-20,22,33H,4-5,21,23-25H2,1-3H3,(H,39,43)/t33-/m1/s1. The average molecular weight is 697 g/mol. The van der Waals surface area contributed by atoms with Crippen molar-refractivity contribution >= 4 is 50.7 Å². The average Bonchev–Trinajstić information content (AvgIpc) is 3.07. The summed E-state index contributed by atoms with van der Waals surface area (Å²) < 4.78 is 34.8. The number of anilines is 1. The topological polar surface area (TPSA) is 96.0 Å². The number of nitrogens with zero attached hydrogens (tertiary/aromatic N) is 2. The van der Waals surface area contributed by atoms with Gasteiger partial charge in [0.15, 0.2) is 0 Å². The lowest BCUT2D eigenvalue weighted by molar-refractivity contribution is -0.140. The lowest BCUT2D eigenvalue weighted by atomic mass is 10.0. The van der Waals surface area contributed by atoms with Crippen molar-refractivity contribution in [3.05, 3.63) is 124 Å². The highest BCUT2D eigenvalue weighted by Crippen LogP contribution is 2.36. The molecular formula is C36H39Cl2N3O5S. The van der Waals surface area contributed by atoms with Gasteiger partial charge >= 0.3 is 0 Å². The second-order valence-corrected chi connectivity index (χ2v) is 13.8. The summed E-state index contributed by atoms with van der Waals surface area (Å²) in [6.07, 6.45) is 1.85. The van der Waals surface area contributed by atoms with Crippen molar-refractivity contribution in [2.45, 2.75) is 50.6 Å². The van der Waals surface area contributed by atoms with Crippen LogP contribution in [0.25, 0.3) is 0 Å². The Balaban J connectivity index is 1.83. The molecule has 0 aliphatic heterocycles. The van der Waals surface area contributed by atoms with Crippen molar-refractivity contribution < 1.29 is 22.7 Å². The fraction of sp³-hybridized carbons (Fsp3) is 0.278. The molecule has 0 heterocycles. The van der Waals surface area contributed by atoms with E-state index in [1.54, 1.807) is 43.5 Å². The number of hydrogen-bond acceptors (Lipinski definition) is 5. The maximum atomic E-state index is 14.6. The van der Waals surface area contributed by atoms with Crippen LogP contribution in [0.4, 0.5) is 5.69 Å². The number of ether oxygens (including phenoxy) is 1. The number of benzene rings is 4. The monoisotopic (exact) mass is 695 g/mol. The molecule has 47 heavy (non-hydrogen) atoms. The number of carbonyl (C=O) groups excluding carboxylic acids is 2. The second kappa shape index (κ2) is 16.7. The quantitative estimate of drug-likeness (QED) is 0.134. The van der Waals surface area contributed by atoms with Crippen LogP contribution in [0, 0.1) is 6.92 Å². The van der Waals surface area contributed by atoms with Gasteiger partial charge in [-0.1, -0.05) is 103 Å². The number of hydrogen-bond donors (Lipinski definition) is 1. The van der Waals surface area contributed by atoms with E-state index in [0.717, 1.165) is 28.3 Å². The molecule has 0 unspecified atom stereocenters. The zero-order valence-electron chi connectivity index (χ0n) is 26.7. The van der Waals surface area contributed by atoms with E-state index >= 15 is 0 Å². The molecule has 1 N–H and O–H groups in total. The van der Waals surface area contributed by atoms with Gasteiger partial charge in [-0.25, -0.2) is 8.42 Å². The fourth-order valence-corrected chi connectivity index (χ4v) is 6.94. The largest absolute Gasteiger partial charge is 0.497 e. The zero-order valence-corrected chi connectivity index (χ0v) is 29.0. The van der Waals surface area contributed by atoms with Gasteiger partial charge in [0.05, 0.1) is 27.7 Å². The van der Waals surface area contributed by atoms with Crippen LogP contribution in [0.15, 0.2) is 102 Å². The van der Waals surface area contributed by atoms with Crippen LogP contribution < -0.4 is 14.4 Å². The van der Waals surface area contributed by atoms with Crippen molar-refractivity contribution in [1.29, 1.82) is 0 Å². The normalized spacial score (nSPS) is 11.9. The van der Waals surface area contributed by atoms with Crippen LogP contribution in [-0.4, -0.2) is 51.4 Å². The number of amides is 2. The number of nitrogens with one attached hydrogen (secondary N) is 1. The molecule has 0 aliphatic rings. The molecule has 0 saturated heterocycles. The number of sulfonamides is 1. The number of rotatable bonds is 15. The number of unbranched alkanes of at least 4 members (excludes halogenated alkanes) is 1. The molecule has 8 nitrogen and oxygen atoms in total. The van der Waals surface area contributed by atoms with Crippen molar-refractivity contribution in [3.63, 3.8) is 0 Å². The van der Waals surface area contributed by atoms with E-state index in [-0.39, 0.29) is 39.5 Å². The number of aryl methyl sites for hydroxylation is 1. The van der Waals surface area contributed by atoms with Crippen molar-refractivity contribution in [1.82, 2.24) is 10.2 Å². The third-order valence-electron chi connectivity index (χ3n) is 7.68. The zero-order chi connectivity index (χ0) is 34.0. The van der Waals surface area contributed by atoms with Gasteiger partial charge in [0.2, 0.25) is 11.8 Å². The van der Waals surface area contributed by atoms with Crippen LogP contribution in [0.3, 0.4) is 0 Å². The summed E-state index contributed by atoms with van der Waals surface area (Å²) in [5.74, 6) is -0.366. The van der Waals surface area contributed by atoms with E-state index in [0.29, 0.717) is 17.9 Å². The van der Waals surface area contributed by atoms with E-state index in [2.05, 4.69) is 5.32 Å². The van der Waals surface area contributed by atoms with Gasteiger partial charge in [-0.15, -0.1) is 0 Å². The smallest absolute Gasteiger partial charge is 0.264 e. The lowest BCUT2D eigenvalue weighted by Crippen LogP contribution is -2.53. The van der Waals surface area contributed by atoms with Gasteiger partial charge in [0.1, 0.15) is 18.3 Å². The van der Waals surface area contributed by atoms with E-state index in [4.69, 9.17) is 27.9 Å². The van der Waals surface area contributed by atoms with E-state index in [9.17, 15) is 18.0 Å². The van der Waals surface area contributed by atoms with Crippen LogP contribution in [0.5, 0.6) is 5.75 Å². The molecule has 0 aromatic heterocycles. The fourth-order valence-electron chi connectivity index (χ4n) is 5.06. The highest BCUT2D eigenvalue weighted by Gasteiger charge is 2.35. The Labute approximate surface area is 287 Å². The Morgan fingerprint density at radius 2 is 1.57 bits per heavy atom. The molecule has 0 saturated carbocycles. The lowest BCUT2D eigenvalue weighted by Gasteiger charge is -2.34. The molecule has 0 radical (unpaired) electrons. The van der Waals surface area contributed by atoms with E-state index in [1.165, 1.54) is 29.2 Å². The van der Waals surface area contributed by atoms with Crippen LogP contribution >= 0.6 is 23.2 Å². The SMILES string of the molecule is CCCCNC(=O)[C@@H](Cc1ccccc1)N(Cc1cccc(OC)c1)C(=O)CN(c1cccc(Cl)c1Cl)S(=O)(=O)c1ccc(C)cc1. The molecular weight excluding hydrogens is 657 g/mol. The predicted octanol–water partition coefficient (Wildman–Crippen LogP) is 7.06. The first kappa shape index (κ1) is 35.8. The van der Waals surface area contributed by atoms with E-state index < -0.39 is 28.5 Å². The minimum absolute atomic E-state index is 0.0103. The minimum Gasteiger partial charge on any atom is -0.497 e. The van der Waals surface area contributed by atoms with E-state index in [1.807, 2.05) is 50.2 Å². The molecule has 248 valence electrons. The molecule has 4 aromatic carbocycles. The summed E-state index contributed by atoms with van der Waals surface area (Å²) in [5, 5.41) is 3.10. The van der Waals surface area contributed by atoms with Crippen LogP contribution in [0.1, 0.15) is 36.5 Å². The molecule has 0 bridgehead atoms. The third kappa shape index (κ3) is 9.28. The van der Waals surface area contributed by atoms with Gasteiger partial charge in [0, 0.05) is 19.5 Å². The predicted molar refractivity (Wildman–Crippen MR) is 188 cm³/mol. The molecule has 1 atom stereocenters. The molecule has 4 aromatic rings. The van der Waals surface area contributed by atoms with Gasteiger partial charge in [-0.2, -0.15) is 0 Å². The first-order chi connectivity index (χ1) is 22.5. The highest BCUT2D eigenvalue weighted by atomic mass is 35.5. The summed E-state index contributed by atoms with van der Waals surface area (Å²) >= 11 is 12.9. The first-order valence-corrected chi connectivity index (χ1v) is 17.5. The van der Waals surface area contributed by atoms with Gasteiger partial charge in [-0.05, 0) is 60.9 Å². The summed E-state index contributed by atoms with van der Waals surface area (Å²) in [6, 6.07) is 26.5. The summed E-state index contributed by atoms with van der Waals surface area (Å²) in [6.45, 7) is 3.68. The Bertz CT molecular complexity index is 1770. The molecule has 0 fully saturated rings. The minimum atomic E-state index is -4.32. The van der Waals surface area contributed by atoms with Crippen LogP contribution in [0.2, 0.25) is 10.0 Å². The number of methoxy groups -OCH3 is 1. The second-order valence-electron chi connectivity index (χ2n) is 11.1. The van der Waals surface area contributed by atoms with Gasteiger partial charge in [-0.3, -0.25) is 13.9 Å². The Morgan fingerprint density at radius 1 is 0.894 bits per heavy atom. The maximum absolute atomic E-state index is 14.6. The van der Waals surface area contributed by atoms with Crippen molar-refractivity contribution in [2.24, 2.45) is 0 Å². The van der Waals surface area contributed by atoms with Crippen molar-refractivity contribution in [3.8, 4) is 5.75 Å². The first-order valence-electron chi connectivity index (χ1n) is 15.3. The highest BCUT2D eigenvalue weighted by molar-refractivity contribution is 7.92. The molecule has 0 spiro atoms. The third-order valence-corrected chi connectivity index (χ3v) is 10.3. The van der Waals surface area contributed by atoms with Crippen LogP contribution in [-0.2, 0) is 32.6 Å². The number of halogens is 2. The van der Waals surface area contributed by atoms with Gasteiger partial charge < -0.3 is 15.0 Å².